The van der Waals surface area contributed by atoms with Crippen LogP contribution in [0.2, 0.25) is 0 Å². The van der Waals surface area contributed by atoms with E-state index in [1.807, 2.05) is 12.1 Å². The molecule has 1 aliphatic carbocycles. The second kappa shape index (κ2) is 3.70. The number of ether oxygens (including phenoxy) is 1. The van der Waals surface area contributed by atoms with Crippen LogP contribution in [0, 0.1) is 0 Å². The van der Waals surface area contributed by atoms with Crippen LogP contribution in [0.5, 0.6) is 5.75 Å². The standard InChI is InChI=1S/C11H13NO2/c1-14-11-5-3-8-6-10(12-13)4-2-9(8)7-11/h3,5,7,13H,2,4,6H2,1H3/b12-10+. The van der Waals surface area contributed by atoms with Gasteiger partial charge in [0.1, 0.15) is 5.75 Å². The number of methoxy groups -OCH3 is 1. The molecular formula is C11H13NO2. The fourth-order valence-electron chi connectivity index (χ4n) is 1.81. The van der Waals surface area contributed by atoms with Crippen LogP contribution in [0.4, 0.5) is 0 Å². The van der Waals surface area contributed by atoms with Crippen LogP contribution in [0.1, 0.15) is 17.5 Å². The normalized spacial score (nSPS) is 17.9. The maximum Gasteiger partial charge on any atom is 0.119 e. The van der Waals surface area contributed by atoms with Gasteiger partial charge in [-0.05, 0) is 36.1 Å². The molecule has 0 fully saturated rings. The van der Waals surface area contributed by atoms with Crippen molar-refractivity contribution in [1.82, 2.24) is 0 Å². The molecule has 0 bridgehead atoms. The van der Waals surface area contributed by atoms with E-state index in [2.05, 4.69) is 11.2 Å². The molecule has 3 heteroatoms. The Kier molecular flexibility index (Phi) is 2.39. The first-order valence-electron chi connectivity index (χ1n) is 4.69. The summed E-state index contributed by atoms with van der Waals surface area (Å²) in [5, 5.41) is 12.0. The zero-order chi connectivity index (χ0) is 9.97. The zero-order valence-electron chi connectivity index (χ0n) is 8.16. The van der Waals surface area contributed by atoms with Crippen molar-refractivity contribution in [3.63, 3.8) is 0 Å². The lowest BCUT2D eigenvalue weighted by Crippen LogP contribution is -2.13. The van der Waals surface area contributed by atoms with Gasteiger partial charge in [0.2, 0.25) is 0 Å². The third kappa shape index (κ3) is 1.58. The molecule has 0 saturated carbocycles. The summed E-state index contributed by atoms with van der Waals surface area (Å²) in [5.74, 6) is 0.896. The van der Waals surface area contributed by atoms with Crippen molar-refractivity contribution < 1.29 is 9.94 Å². The van der Waals surface area contributed by atoms with E-state index in [0.717, 1.165) is 30.7 Å². The summed E-state index contributed by atoms with van der Waals surface area (Å²) < 4.78 is 5.15. The van der Waals surface area contributed by atoms with Crippen molar-refractivity contribution >= 4 is 5.71 Å². The summed E-state index contributed by atoms with van der Waals surface area (Å²) in [6.45, 7) is 0. The molecule has 1 aromatic rings. The minimum atomic E-state index is 0.760. The second-order valence-corrected chi connectivity index (χ2v) is 3.48. The molecule has 14 heavy (non-hydrogen) atoms. The largest absolute Gasteiger partial charge is 0.497 e. The molecule has 0 atom stereocenters. The lowest BCUT2D eigenvalue weighted by molar-refractivity contribution is 0.316. The summed E-state index contributed by atoms with van der Waals surface area (Å²) in [6.07, 6.45) is 2.54. The van der Waals surface area contributed by atoms with Crippen LogP contribution >= 0.6 is 0 Å². The molecule has 0 aromatic heterocycles. The molecule has 0 aliphatic heterocycles. The number of hydrogen-bond acceptors (Lipinski definition) is 3. The lowest BCUT2D eigenvalue weighted by Gasteiger charge is -2.17. The molecule has 0 unspecified atom stereocenters. The minimum Gasteiger partial charge on any atom is -0.497 e. The number of rotatable bonds is 1. The van der Waals surface area contributed by atoms with Gasteiger partial charge in [-0.25, -0.2) is 0 Å². The molecule has 0 heterocycles. The van der Waals surface area contributed by atoms with E-state index in [9.17, 15) is 0 Å². The highest BCUT2D eigenvalue weighted by molar-refractivity contribution is 5.88. The van der Waals surface area contributed by atoms with Crippen LogP contribution in [0.3, 0.4) is 0 Å². The van der Waals surface area contributed by atoms with Crippen LogP contribution in [-0.4, -0.2) is 18.0 Å². The maximum absolute atomic E-state index is 8.68. The zero-order valence-corrected chi connectivity index (χ0v) is 8.16. The van der Waals surface area contributed by atoms with Gasteiger partial charge in [-0.3, -0.25) is 0 Å². The van der Waals surface area contributed by atoms with E-state index in [0.29, 0.717) is 0 Å². The van der Waals surface area contributed by atoms with Crippen LogP contribution in [-0.2, 0) is 12.8 Å². The van der Waals surface area contributed by atoms with Gasteiger partial charge >= 0.3 is 0 Å². The van der Waals surface area contributed by atoms with Crippen molar-refractivity contribution in [1.29, 1.82) is 0 Å². The molecule has 1 aromatic carbocycles. The van der Waals surface area contributed by atoms with E-state index in [1.54, 1.807) is 7.11 Å². The quantitative estimate of drug-likeness (QED) is 0.545. The predicted molar refractivity (Wildman–Crippen MR) is 54.2 cm³/mol. The van der Waals surface area contributed by atoms with Gasteiger partial charge in [0.15, 0.2) is 0 Å². The first kappa shape index (κ1) is 9.06. The van der Waals surface area contributed by atoms with Crippen molar-refractivity contribution in [2.75, 3.05) is 7.11 Å². The van der Waals surface area contributed by atoms with Crippen LogP contribution in [0.15, 0.2) is 23.4 Å². The number of hydrogen-bond donors (Lipinski definition) is 1. The first-order valence-corrected chi connectivity index (χ1v) is 4.69. The Bertz CT molecular complexity index is 372. The molecule has 3 nitrogen and oxygen atoms in total. The van der Waals surface area contributed by atoms with Gasteiger partial charge < -0.3 is 9.94 Å². The summed E-state index contributed by atoms with van der Waals surface area (Å²) >= 11 is 0. The molecule has 0 saturated heterocycles. The Labute approximate surface area is 83.0 Å². The van der Waals surface area contributed by atoms with E-state index in [-0.39, 0.29) is 0 Å². The third-order valence-corrected chi connectivity index (χ3v) is 2.63. The van der Waals surface area contributed by atoms with E-state index < -0.39 is 0 Å². The summed E-state index contributed by atoms with van der Waals surface area (Å²) in [6, 6.07) is 6.04. The Hall–Kier alpha value is -1.51. The van der Waals surface area contributed by atoms with Gasteiger partial charge in [0, 0.05) is 6.42 Å². The molecule has 1 aliphatic rings. The highest BCUT2D eigenvalue weighted by atomic mass is 16.5. The topological polar surface area (TPSA) is 41.8 Å². The monoisotopic (exact) mass is 191 g/mol. The first-order chi connectivity index (χ1) is 6.83. The Balaban J connectivity index is 2.32. The number of benzene rings is 1. The van der Waals surface area contributed by atoms with Gasteiger partial charge in [0.25, 0.3) is 0 Å². The molecule has 2 rings (SSSR count). The maximum atomic E-state index is 8.68. The molecule has 74 valence electrons. The Morgan fingerprint density at radius 1 is 1.29 bits per heavy atom. The van der Waals surface area contributed by atoms with Gasteiger partial charge in [-0.2, -0.15) is 0 Å². The van der Waals surface area contributed by atoms with Crippen LogP contribution < -0.4 is 4.74 Å². The average Bonchev–Trinajstić information content (AvgIpc) is 2.27. The summed E-state index contributed by atoms with van der Waals surface area (Å²) in [7, 11) is 1.67. The van der Waals surface area contributed by atoms with Gasteiger partial charge in [0.05, 0.1) is 12.8 Å². The lowest BCUT2D eigenvalue weighted by atomic mass is 9.90. The molecule has 0 radical (unpaired) electrons. The van der Waals surface area contributed by atoms with Gasteiger partial charge in [-0.1, -0.05) is 11.2 Å². The molecule has 0 amide bonds. The highest BCUT2D eigenvalue weighted by Gasteiger charge is 2.14. The molecular weight excluding hydrogens is 178 g/mol. The highest BCUT2D eigenvalue weighted by Crippen LogP contribution is 2.24. The summed E-state index contributed by atoms with van der Waals surface area (Å²) in [4.78, 5) is 0. The second-order valence-electron chi connectivity index (χ2n) is 3.48. The Morgan fingerprint density at radius 3 is 2.86 bits per heavy atom. The van der Waals surface area contributed by atoms with Crippen molar-refractivity contribution in [2.45, 2.75) is 19.3 Å². The smallest absolute Gasteiger partial charge is 0.119 e. The molecule has 1 N–H and O–H groups in total. The number of aryl methyl sites for hydroxylation is 1. The fraction of sp³-hybridized carbons (Fsp3) is 0.364. The predicted octanol–water partition coefficient (Wildman–Crippen LogP) is 2.01. The van der Waals surface area contributed by atoms with E-state index in [4.69, 9.17) is 9.94 Å². The SMILES string of the molecule is COc1ccc2c(c1)CC/C(=N\O)C2. The number of nitrogens with zero attached hydrogens (tertiary/aromatic N) is 1. The van der Waals surface area contributed by atoms with Crippen LogP contribution in [0.25, 0.3) is 0 Å². The van der Waals surface area contributed by atoms with Crippen molar-refractivity contribution in [3.05, 3.63) is 29.3 Å². The minimum absolute atomic E-state index is 0.760. The third-order valence-electron chi connectivity index (χ3n) is 2.63. The van der Waals surface area contributed by atoms with E-state index in [1.165, 1.54) is 11.1 Å². The van der Waals surface area contributed by atoms with Crippen molar-refractivity contribution in [2.24, 2.45) is 5.16 Å². The number of fused-ring (bicyclic) bond motifs is 1. The van der Waals surface area contributed by atoms with Crippen molar-refractivity contribution in [3.8, 4) is 5.75 Å². The molecule has 0 spiro atoms. The van der Waals surface area contributed by atoms with E-state index >= 15 is 0 Å². The Morgan fingerprint density at radius 2 is 2.14 bits per heavy atom. The number of oxime groups is 1. The fourth-order valence-corrected chi connectivity index (χ4v) is 1.81. The van der Waals surface area contributed by atoms with Gasteiger partial charge in [-0.15, -0.1) is 0 Å². The average molecular weight is 191 g/mol. The summed E-state index contributed by atoms with van der Waals surface area (Å²) in [5.41, 5.74) is 3.41.